The van der Waals surface area contributed by atoms with Crippen molar-refractivity contribution in [3.05, 3.63) is 36.2 Å². The Kier molecular flexibility index (Phi) is 6.42. The van der Waals surface area contributed by atoms with Crippen LogP contribution in [0, 0.1) is 5.92 Å². The Morgan fingerprint density at radius 1 is 1.26 bits per heavy atom. The van der Waals surface area contributed by atoms with E-state index >= 15 is 0 Å². The van der Waals surface area contributed by atoms with E-state index in [0.29, 0.717) is 30.2 Å². The number of halogens is 3. The van der Waals surface area contributed by atoms with Gasteiger partial charge in [-0.25, -0.2) is 14.6 Å². The lowest BCUT2D eigenvalue weighted by molar-refractivity contribution is -0.141. The molecule has 0 radical (unpaired) electrons. The maximum Gasteiger partial charge on any atom is 0.433 e. The summed E-state index contributed by atoms with van der Waals surface area (Å²) in [4.78, 5) is 24.9. The average molecular weight is 387 g/mol. The lowest BCUT2D eigenvalue weighted by atomic mass is 10.1. The van der Waals surface area contributed by atoms with E-state index in [1.165, 1.54) is 6.20 Å². The molecule has 0 amide bonds. The average Bonchev–Trinajstić information content (AvgIpc) is 3.24. The fourth-order valence-electron chi connectivity index (χ4n) is 3.23. The third kappa shape index (κ3) is 5.68. The minimum absolute atomic E-state index is 0.368. The molecule has 3 atom stereocenters. The molecule has 0 spiro atoms. The molecule has 1 aliphatic heterocycles. The van der Waals surface area contributed by atoms with Gasteiger partial charge in [0.05, 0.1) is 11.9 Å². The number of anilines is 1. The molecule has 2 aliphatic rings. The van der Waals surface area contributed by atoms with Gasteiger partial charge in [-0.15, -0.1) is 0 Å². The van der Waals surface area contributed by atoms with Crippen LogP contribution in [0.3, 0.4) is 0 Å². The van der Waals surface area contributed by atoms with Gasteiger partial charge < -0.3 is 20.4 Å². The summed E-state index contributed by atoms with van der Waals surface area (Å²) in [6.45, 7) is 0.855. The fourth-order valence-corrected chi connectivity index (χ4v) is 3.23. The minimum atomic E-state index is -4.37. The number of carbonyl (C=O) groups is 2. The Bertz CT molecular complexity index is 690. The molecule has 0 aromatic carbocycles. The number of hydrogen-bond donors (Lipinski definition) is 3. The number of carboxylic acid groups (broad SMARTS) is 2. The van der Waals surface area contributed by atoms with E-state index in [1.54, 1.807) is 6.07 Å². The van der Waals surface area contributed by atoms with Crippen molar-refractivity contribution in [3.8, 4) is 0 Å². The molecule has 1 aromatic rings. The number of aliphatic carboxylic acids is 2. The number of nitrogens with zero attached hydrogens (tertiary/aromatic N) is 2. The first-order valence-electron chi connectivity index (χ1n) is 8.23. The van der Waals surface area contributed by atoms with Crippen molar-refractivity contribution in [3.63, 3.8) is 0 Å². The predicted octanol–water partition coefficient (Wildman–Crippen LogP) is 2.00. The topological polar surface area (TPSA) is 103 Å². The van der Waals surface area contributed by atoms with E-state index in [1.807, 2.05) is 7.05 Å². The number of fused-ring (bicyclic) bond motifs is 1. The quantitative estimate of drug-likeness (QED) is 0.664. The summed E-state index contributed by atoms with van der Waals surface area (Å²) in [6, 6.07) is 3.48. The molecule has 3 N–H and O–H groups in total. The molecule has 10 heteroatoms. The van der Waals surface area contributed by atoms with Crippen LogP contribution in [0.1, 0.15) is 18.5 Å². The van der Waals surface area contributed by atoms with Gasteiger partial charge in [-0.1, -0.05) is 0 Å². The standard InChI is InChI=1S/C13H16F3N3.C4H4O4/c1-17-6-10-4-8-5-11(8)19(10)9-2-3-12(18-7-9)13(14,15)16;5-3(6)1-2-4(7)8/h2-3,7-8,10-11,17H,4-6H2,1H3;1-2H,(H,5,6)(H,7,8)/b;2-1+. The Labute approximate surface area is 153 Å². The van der Waals surface area contributed by atoms with E-state index in [9.17, 15) is 22.8 Å². The molecule has 0 bridgehead atoms. The molecule has 1 aromatic heterocycles. The molecular formula is C17H20F3N3O4. The number of aromatic nitrogens is 1. The fraction of sp³-hybridized carbons (Fsp3) is 0.471. The number of likely N-dealkylation sites (N-methyl/N-ethyl adjacent to an activating group) is 1. The first-order valence-corrected chi connectivity index (χ1v) is 8.23. The third-order valence-corrected chi connectivity index (χ3v) is 4.36. The summed E-state index contributed by atoms with van der Waals surface area (Å²) in [6.07, 6.45) is 0.376. The second-order valence-electron chi connectivity index (χ2n) is 6.33. The largest absolute Gasteiger partial charge is 0.478 e. The van der Waals surface area contributed by atoms with Crippen LogP contribution in [0.25, 0.3) is 0 Å². The lowest BCUT2D eigenvalue weighted by Crippen LogP contribution is -2.39. The third-order valence-electron chi connectivity index (χ3n) is 4.36. The number of piperidine rings is 1. The molecular weight excluding hydrogens is 367 g/mol. The van der Waals surface area contributed by atoms with Crippen LogP contribution in [0.2, 0.25) is 0 Å². The SMILES string of the molecule is CNCC1CC2CC2N1c1ccc(C(F)(F)F)nc1.O=C(O)/C=C/C(=O)O. The lowest BCUT2D eigenvalue weighted by Gasteiger charge is -2.29. The molecule has 3 rings (SSSR count). The predicted molar refractivity (Wildman–Crippen MR) is 90.4 cm³/mol. The Hall–Kier alpha value is -2.62. The van der Waals surface area contributed by atoms with Gasteiger partial charge >= 0.3 is 18.1 Å². The highest BCUT2D eigenvalue weighted by atomic mass is 19.4. The molecule has 1 saturated heterocycles. The molecule has 148 valence electrons. The highest BCUT2D eigenvalue weighted by Gasteiger charge is 2.51. The Morgan fingerprint density at radius 3 is 2.33 bits per heavy atom. The van der Waals surface area contributed by atoms with Crippen molar-refractivity contribution in [2.24, 2.45) is 5.92 Å². The van der Waals surface area contributed by atoms with Crippen molar-refractivity contribution < 1.29 is 33.0 Å². The molecule has 2 heterocycles. The number of alkyl halides is 3. The van der Waals surface area contributed by atoms with Gasteiger partial charge in [-0.3, -0.25) is 0 Å². The maximum absolute atomic E-state index is 12.5. The van der Waals surface area contributed by atoms with Crippen molar-refractivity contribution in [2.75, 3.05) is 18.5 Å². The van der Waals surface area contributed by atoms with Crippen LogP contribution in [0.4, 0.5) is 18.9 Å². The highest BCUT2D eigenvalue weighted by Crippen LogP contribution is 2.49. The Morgan fingerprint density at radius 2 is 1.89 bits per heavy atom. The maximum atomic E-state index is 12.5. The van der Waals surface area contributed by atoms with Crippen LogP contribution in [0.15, 0.2) is 30.5 Å². The van der Waals surface area contributed by atoms with Crippen LogP contribution < -0.4 is 10.2 Å². The van der Waals surface area contributed by atoms with Crippen molar-refractivity contribution >= 4 is 17.6 Å². The summed E-state index contributed by atoms with van der Waals surface area (Å²) >= 11 is 0. The van der Waals surface area contributed by atoms with Crippen molar-refractivity contribution in [1.29, 1.82) is 0 Å². The number of nitrogens with one attached hydrogen (secondary N) is 1. The summed E-state index contributed by atoms with van der Waals surface area (Å²) in [5.41, 5.74) is -0.0220. The summed E-state index contributed by atoms with van der Waals surface area (Å²) in [5.74, 6) is -1.81. The zero-order valence-electron chi connectivity index (χ0n) is 14.5. The number of carboxylic acids is 2. The highest BCUT2D eigenvalue weighted by molar-refractivity contribution is 5.89. The smallest absolute Gasteiger partial charge is 0.433 e. The first-order chi connectivity index (χ1) is 12.6. The van der Waals surface area contributed by atoms with E-state index in [-0.39, 0.29) is 0 Å². The molecule has 3 unspecified atom stereocenters. The van der Waals surface area contributed by atoms with Crippen LogP contribution in [0.5, 0.6) is 0 Å². The molecule has 2 fully saturated rings. The van der Waals surface area contributed by atoms with Gasteiger partial charge in [0.1, 0.15) is 5.69 Å². The Balaban J connectivity index is 0.000000279. The van der Waals surface area contributed by atoms with Gasteiger partial charge in [-0.2, -0.15) is 13.2 Å². The van der Waals surface area contributed by atoms with E-state index in [0.717, 1.165) is 31.1 Å². The molecule has 1 aliphatic carbocycles. The number of pyridine rings is 1. The normalized spacial score (nSPS) is 23.6. The summed E-state index contributed by atoms with van der Waals surface area (Å²) in [7, 11) is 1.90. The van der Waals surface area contributed by atoms with Gasteiger partial charge in [0.25, 0.3) is 0 Å². The second kappa shape index (κ2) is 8.38. The summed E-state index contributed by atoms with van der Waals surface area (Å²) in [5, 5.41) is 18.8. The van der Waals surface area contributed by atoms with E-state index in [2.05, 4.69) is 15.2 Å². The van der Waals surface area contributed by atoms with Crippen LogP contribution in [-0.4, -0.2) is 52.8 Å². The van der Waals surface area contributed by atoms with E-state index in [4.69, 9.17) is 10.2 Å². The van der Waals surface area contributed by atoms with Crippen LogP contribution in [-0.2, 0) is 15.8 Å². The second-order valence-corrected chi connectivity index (χ2v) is 6.33. The van der Waals surface area contributed by atoms with Gasteiger partial charge in [0.2, 0.25) is 0 Å². The minimum Gasteiger partial charge on any atom is -0.478 e. The van der Waals surface area contributed by atoms with Crippen LogP contribution >= 0.6 is 0 Å². The summed E-state index contributed by atoms with van der Waals surface area (Å²) < 4.78 is 37.5. The molecule has 1 saturated carbocycles. The first kappa shape index (κ1) is 20.7. The van der Waals surface area contributed by atoms with E-state index < -0.39 is 23.8 Å². The number of rotatable bonds is 5. The van der Waals surface area contributed by atoms with Gasteiger partial charge in [-0.05, 0) is 37.9 Å². The monoisotopic (exact) mass is 387 g/mol. The van der Waals surface area contributed by atoms with Crippen molar-refractivity contribution in [1.82, 2.24) is 10.3 Å². The van der Waals surface area contributed by atoms with Gasteiger partial charge in [0.15, 0.2) is 0 Å². The molecule has 27 heavy (non-hydrogen) atoms. The number of hydrogen-bond acceptors (Lipinski definition) is 5. The van der Waals surface area contributed by atoms with Crippen molar-refractivity contribution in [2.45, 2.75) is 31.1 Å². The molecule has 7 nitrogen and oxygen atoms in total. The zero-order chi connectivity index (χ0) is 20.2. The van der Waals surface area contributed by atoms with Gasteiger partial charge in [0, 0.05) is 30.8 Å². The zero-order valence-corrected chi connectivity index (χ0v) is 14.5.